The van der Waals surface area contributed by atoms with E-state index in [1.165, 1.54) is 120 Å². The van der Waals surface area contributed by atoms with Crippen LogP contribution in [0, 0.1) is 0 Å². The van der Waals surface area contributed by atoms with Gasteiger partial charge in [-0.3, -0.25) is 0 Å². The lowest BCUT2D eigenvalue weighted by Gasteiger charge is -2.52. The number of anilines is 8. The molecule has 15 rings (SSSR count). The van der Waals surface area contributed by atoms with Gasteiger partial charge in [-0.05, 0) is 147 Å². The zero-order valence-corrected chi connectivity index (χ0v) is 42.6. The minimum atomic E-state index is -0.367. The van der Waals surface area contributed by atoms with Crippen LogP contribution in [0.3, 0.4) is 0 Å². The summed E-state index contributed by atoms with van der Waals surface area (Å²) < 4.78 is 6.74. The third-order valence-corrected chi connectivity index (χ3v) is 18.8. The summed E-state index contributed by atoms with van der Waals surface area (Å²) in [5.74, 6) is 0. The van der Waals surface area contributed by atoms with Crippen LogP contribution in [0.2, 0.25) is 0 Å². The fraction of sp³-hybridized carbons (Fsp3) is 0.273. The molecule has 2 aliphatic carbocycles. The van der Waals surface area contributed by atoms with Gasteiger partial charge in [-0.1, -0.05) is 164 Å². The van der Waals surface area contributed by atoms with E-state index in [0.717, 1.165) is 34.0 Å². The molecule has 5 heterocycles. The van der Waals surface area contributed by atoms with Crippen molar-refractivity contribution < 1.29 is 4.42 Å². The number of hydrogen-bond acceptors (Lipinski definition) is 4. The first-order valence-corrected chi connectivity index (χ1v) is 26.3. The number of fused-ring (bicyclic) bond motifs is 15. The van der Waals surface area contributed by atoms with Crippen molar-refractivity contribution in [3.8, 4) is 11.1 Å². The van der Waals surface area contributed by atoms with Crippen LogP contribution >= 0.6 is 0 Å². The van der Waals surface area contributed by atoms with E-state index in [1.807, 2.05) is 0 Å². The van der Waals surface area contributed by atoms with Gasteiger partial charge >= 0.3 is 0 Å². The fourth-order valence-corrected chi connectivity index (χ4v) is 15.4. The summed E-state index contributed by atoms with van der Waals surface area (Å²) in [5, 5.41) is 2.28. The second kappa shape index (κ2) is 13.5. The zero-order chi connectivity index (χ0) is 48.3. The van der Waals surface area contributed by atoms with Crippen molar-refractivity contribution in [2.24, 2.45) is 0 Å². The molecule has 3 atom stereocenters. The Bertz CT molecular complexity index is 3850. The number of para-hydroxylation sites is 2. The van der Waals surface area contributed by atoms with E-state index in [9.17, 15) is 0 Å². The van der Waals surface area contributed by atoms with Gasteiger partial charge in [-0.15, -0.1) is 0 Å². The lowest BCUT2D eigenvalue weighted by atomic mass is 9.32. The van der Waals surface area contributed by atoms with Crippen molar-refractivity contribution in [2.75, 3.05) is 14.7 Å². The first-order valence-electron chi connectivity index (χ1n) is 26.3. The maximum Gasteiger partial charge on any atom is 0.252 e. The Kier molecular flexibility index (Phi) is 7.94. The van der Waals surface area contributed by atoms with Gasteiger partial charge in [-0.25, -0.2) is 0 Å². The molecule has 71 heavy (non-hydrogen) atoms. The molecular formula is C66H60BN3O. The minimum absolute atomic E-state index is 0.00689. The highest BCUT2D eigenvalue weighted by Crippen LogP contribution is 2.66. The van der Waals surface area contributed by atoms with E-state index >= 15 is 0 Å². The summed E-state index contributed by atoms with van der Waals surface area (Å²) in [5.41, 5.74) is 26.5. The molecular weight excluding hydrogens is 862 g/mol. The first kappa shape index (κ1) is 41.8. The van der Waals surface area contributed by atoms with Crippen LogP contribution in [0.25, 0.3) is 33.1 Å². The molecule has 0 N–H and O–H groups in total. The predicted molar refractivity (Wildman–Crippen MR) is 299 cm³/mol. The van der Waals surface area contributed by atoms with Crippen molar-refractivity contribution in [1.29, 1.82) is 0 Å². The van der Waals surface area contributed by atoms with E-state index in [-0.39, 0.29) is 33.9 Å². The van der Waals surface area contributed by atoms with Gasteiger partial charge in [0, 0.05) is 50.3 Å². The van der Waals surface area contributed by atoms with Gasteiger partial charge < -0.3 is 19.1 Å². The second-order valence-corrected chi connectivity index (χ2v) is 24.5. The molecule has 0 amide bonds. The number of benzene rings is 8. The summed E-state index contributed by atoms with van der Waals surface area (Å²) in [6.07, 6.45) is 4.77. The zero-order valence-electron chi connectivity index (χ0n) is 42.6. The molecule has 0 bridgehead atoms. The number of nitrogens with zero attached hydrogens (tertiary/aromatic N) is 3. The Hall–Kier alpha value is -6.98. The average molecular weight is 922 g/mol. The monoisotopic (exact) mass is 921 g/mol. The third kappa shape index (κ3) is 5.03. The van der Waals surface area contributed by atoms with Crippen LogP contribution in [0.1, 0.15) is 121 Å². The maximum atomic E-state index is 6.74. The average Bonchev–Trinajstić information content (AvgIpc) is 3.95. The van der Waals surface area contributed by atoms with E-state index in [4.69, 9.17) is 4.42 Å². The molecule has 0 radical (unpaired) electrons. The number of furan rings is 1. The Morgan fingerprint density at radius 2 is 1.18 bits per heavy atom. The number of rotatable bonds is 2. The fourth-order valence-electron chi connectivity index (χ4n) is 15.4. The normalized spacial score (nSPS) is 22.0. The van der Waals surface area contributed by atoms with Crippen molar-refractivity contribution in [2.45, 2.75) is 115 Å². The highest BCUT2D eigenvalue weighted by atomic mass is 16.3. The van der Waals surface area contributed by atoms with Crippen molar-refractivity contribution in [3.05, 3.63) is 185 Å². The van der Waals surface area contributed by atoms with Crippen LogP contribution in [0.5, 0.6) is 0 Å². The lowest BCUT2D eigenvalue weighted by molar-refractivity contribution is 0.195. The SMILES string of the molecule is CC(C)(C)c1ccc2c(c1)N(c1cccc3oc4ccccc4c13)c1cc(N3c4ccccc4C4(C)CCCCC34C)cc3c1B2c1ccc(C(C)(C)C)c2c1N3c1cccc3c1C2(C)c1ccccc1-3. The van der Waals surface area contributed by atoms with Gasteiger partial charge in [0.1, 0.15) is 11.2 Å². The van der Waals surface area contributed by atoms with Crippen LogP contribution in [0.4, 0.5) is 45.5 Å². The summed E-state index contributed by atoms with van der Waals surface area (Å²) in [7, 11) is 0. The highest BCUT2D eigenvalue weighted by molar-refractivity contribution is 7.00. The predicted octanol–water partition coefficient (Wildman–Crippen LogP) is 15.7. The lowest BCUT2D eigenvalue weighted by Crippen LogP contribution is -2.63. The molecule has 1 aromatic heterocycles. The van der Waals surface area contributed by atoms with E-state index in [1.54, 1.807) is 0 Å². The molecule has 9 aromatic rings. The molecule has 1 fully saturated rings. The molecule has 8 aromatic carbocycles. The third-order valence-electron chi connectivity index (χ3n) is 18.8. The summed E-state index contributed by atoms with van der Waals surface area (Å²) in [6, 6.07) is 58.9. The van der Waals surface area contributed by atoms with Crippen molar-refractivity contribution in [1.82, 2.24) is 0 Å². The highest BCUT2D eigenvalue weighted by Gasteiger charge is 2.59. The van der Waals surface area contributed by atoms with Crippen LogP contribution < -0.4 is 31.1 Å². The summed E-state index contributed by atoms with van der Waals surface area (Å²) in [6.45, 7) is 22.0. The van der Waals surface area contributed by atoms with Crippen molar-refractivity contribution >= 4 is 90.5 Å². The molecule has 0 saturated heterocycles. The molecule has 5 heteroatoms. The van der Waals surface area contributed by atoms with Gasteiger partial charge in [0.15, 0.2) is 0 Å². The van der Waals surface area contributed by atoms with Gasteiger partial charge in [0.25, 0.3) is 6.71 Å². The largest absolute Gasteiger partial charge is 0.456 e. The summed E-state index contributed by atoms with van der Waals surface area (Å²) in [4.78, 5) is 8.23. The molecule has 3 unspecified atom stereocenters. The molecule has 1 saturated carbocycles. The minimum Gasteiger partial charge on any atom is -0.456 e. The second-order valence-electron chi connectivity index (χ2n) is 24.5. The van der Waals surface area contributed by atoms with E-state index < -0.39 is 0 Å². The first-order chi connectivity index (χ1) is 34.1. The standard InChI is InChI=1S/C66H60BN3O/c1-62(2,3)39-30-32-47-52(36-39)68(50-26-19-29-56-57(50)43-21-11-15-28-55(43)71-56)53-37-40(70-49-25-14-13-24-45(49)64(7)34-16-17-35-65(64,70)8)38-54-60(53)67(47)48-33-31-46(63(4,5)6)59-61(48)69(54)51-27-18-22-42-41-20-10-12-23-44(41)66(59,9)58(42)51/h10-15,18-33,36-38H,16-17,34-35H2,1-9H3. The Morgan fingerprint density at radius 3 is 2.00 bits per heavy atom. The Morgan fingerprint density at radius 1 is 0.521 bits per heavy atom. The van der Waals surface area contributed by atoms with E-state index in [2.05, 4.69) is 229 Å². The Balaban J connectivity index is 1.13. The smallest absolute Gasteiger partial charge is 0.252 e. The molecule has 4 aliphatic heterocycles. The van der Waals surface area contributed by atoms with Gasteiger partial charge in [-0.2, -0.15) is 0 Å². The molecule has 0 spiro atoms. The molecule has 6 aliphatic rings. The topological polar surface area (TPSA) is 22.9 Å². The number of hydrogen-bond donors (Lipinski definition) is 0. The van der Waals surface area contributed by atoms with Crippen LogP contribution in [-0.4, -0.2) is 12.3 Å². The molecule has 348 valence electrons. The Labute approximate surface area is 419 Å². The van der Waals surface area contributed by atoms with E-state index in [0.29, 0.717) is 0 Å². The summed E-state index contributed by atoms with van der Waals surface area (Å²) >= 11 is 0. The molecule has 4 nitrogen and oxygen atoms in total. The van der Waals surface area contributed by atoms with Crippen molar-refractivity contribution in [3.63, 3.8) is 0 Å². The maximum absolute atomic E-state index is 6.74. The van der Waals surface area contributed by atoms with Crippen LogP contribution in [-0.2, 0) is 21.7 Å². The quantitative estimate of drug-likeness (QED) is 0.161. The van der Waals surface area contributed by atoms with Gasteiger partial charge in [0.05, 0.1) is 22.3 Å². The van der Waals surface area contributed by atoms with Gasteiger partial charge in [0.2, 0.25) is 0 Å². The van der Waals surface area contributed by atoms with Crippen LogP contribution in [0.15, 0.2) is 156 Å².